The van der Waals surface area contributed by atoms with Crippen molar-refractivity contribution in [1.82, 2.24) is 0 Å². The number of rotatable bonds is 2. The Hall–Kier alpha value is -1.70. The van der Waals surface area contributed by atoms with E-state index in [4.69, 9.17) is 5.26 Å². The predicted octanol–water partition coefficient (Wildman–Crippen LogP) is 3.02. The minimum atomic E-state index is -4.72. The van der Waals surface area contributed by atoms with E-state index in [1.165, 1.54) is 12.1 Å². The largest absolute Gasteiger partial charge is 0.573 e. The summed E-state index contributed by atoms with van der Waals surface area (Å²) in [6, 6.07) is 5.77. The maximum atomic E-state index is 12.0. The minimum Gasteiger partial charge on any atom is -0.405 e. The number of nitriles is 1. The summed E-state index contributed by atoms with van der Waals surface area (Å²) >= 11 is 0. The van der Waals surface area contributed by atoms with Crippen LogP contribution < -0.4 is 4.74 Å². The third-order valence-corrected chi connectivity index (χ3v) is 1.80. The molecule has 0 aliphatic carbocycles. The standard InChI is InChI=1S/C10H8F3NO/c1-2-8-4-3-7(6-14)5-9(8)15-10(11,12)13/h3-5H,2H2,1H3. The smallest absolute Gasteiger partial charge is 0.405 e. The third kappa shape index (κ3) is 3.17. The molecule has 15 heavy (non-hydrogen) atoms. The molecule has 0 spiro atoms. The number of nitrogens with zero attached hydrogens (tertiary/aromatic N) is 1. The second-order valence-corrected chi connectivity index (χ2v) is 2.84. The van der Waals surface area contributed by atoms with Gasteiger partial charge < -0.3 is 4.74 Å². The lowest BCUT2D eigenvalue weighted by molar-refractivity contribution is -0.274. The van der Waals surface area contributed by atoms with Crippen LogP contribution in [0.25, 0.3) is 0 Å². The molecule has 1 aromatic carbocycles. The van der Waals surface area contributed by atoms with Crippen LogP contribution in [-0.4, -0.2) is 6.36 Å². The lowest BCUT2D eigenvalue weighted by Crippen LogP contribution is -2.18. The lowest BCUT2D eigenvalue weighted by atomic mass is 10.1. The zero-order valence-corrected chi connectivity index (χ0v) is 7.93. The van der Waals surface area contributed by atoms with Crippen LogP contribution in [0.4, 0.5) is 13.2 Å². The number of ether oxygens (including phenoxy) is 1. The molecule has 1 rings (SSSR count). The van der Waals surface area contributed by atoms with E-state index in [9.17, 15) is 13.2 Å². The molecule has 0 bridgehead atoms. The third-order valence-electron chi connectivity index (χ3n) is 1.80. The number of hydrogen-bond donors (Lipinski definition) is 0. The van der Waals surface area contributed by atoms with Gasteiger partial charge in [-0.05, 0) is 24.1 Å². The van der Waals surface area contributed by atoms with Crippen LogP contribution in [0.15, 0.2) is 18.2 Å². The van der Waals surface area contributed by atoms with E-state index in [2.05, 4.69) is 4.74 Å². The highest BCUT2D eigenvalue weighted by Crippen LogP contribution is 2.27. The fraction of sp³-hybridized carbons (Fsp3) is 0.300. The van der Waals surface area contributed by atoms with Crippen LogP contribution in [0.1, 0.15) is 18.1 Å². The Morgan fingerprint density at radius 1 is 1.40 bits per heavy atom. The van der Waals surface area contributed by atoms with Gasteiger partial charge in [0.1, 0.15) is 5.75 Å². The summed E-state index contributed by atoms with van der Waals surface area (Å²) in [6.07, 6.45) is -4.31. The molecule has 1 aromatic rings. The molecule has 0 aliphatic rings. The first-order valence-corrected chi connectivity index (χ1v) is 4.25. The topological polar surface area (TPSA) is 33.0 Å². The highest BCUT2D eigenvalue weighted by atomic mass is 19.4. The van der Waals surface area contributed by atoms with Gasteiger partial charge >= 0.3 is 6.36 Å². The molecule has 0 aliphatic heterocycles. The van der Waals surface area contributed by atoms with Crippen molar-refractivity contribution < 1.29 is 17.9 Å². The van der Waals surface area contributed by atoms with Gasteiger partial charge in [0.25, 0.3) is 0 Å². The predicted molar refractivity (Wildman–Crippen MR) is 47.2 cm³/mol. The number of aryl methyl sites for hydroxylation is 1. The van der Waals surface area contributed by atoms with Gasteiger partial charge in [-0.25, -0.2) is 0 Å². The van der Waals surface area contributed by atoms with Crippen molar-refractivity contribution in [3.05, 3.63) is 29.3 Å². The van der Waals surface area contributed by atoms with Gasteiger partial charge in [-0.1, -0.05) is 13.0 Å². The van der Waals surface area contributed by atoms with Crippen molar-refractivity contribution in [1.29, 1.82) is 5.26 Å². The summed E-state index contributed by atoms with van der Waals surface area (Å²) in [5.74, 6) is -0.302. The van der Waals surface area contributed by atoms with E-state index >= 15 is 0 Å². The van der Waals surface area contributed by atoms with Crippen LogP contribution in [0, 0.1) is 11.3 Å². The highest BCUT2D eigenvalue weighted by molar-refractivity contribution is 5.42. The molecule has 0 saturated heterocycles. The van der Waals surface area contributed by atoms with Crippen LogP contribution in [0.5, 0.6) is 5.75 Å². The Balaban J connectivity index is 3.08. The van der Waals surface area contributed by atoms with Gasteiger partial charge in [0, 0.05) is 0 Å². The highest BCUT2D eigenvalue weighted by Gasteiger charge is 2.32. The second kappa shape index (κ2) is 4.22. The summed E-state index contributed by atoms with van der Waals surface area (Å²) in [4.78, 5) is 0. The van der Waals surface area contributed by atoms with Gasteiger partial charge in [-0.2, -0.15) is 5.26 Å². The first-order chi connectivity index (χ1) is 6.96. The summed E-state index contributed by atoms with van der Waals surface area (Å²) in [5, 5.41) is 8.54. The van der Waals surface area contributed by atoms with Crippen molar-refractivity contribution in [3.63, 3.8) is 0 Å². The van der Waals surface area contributed by atoms with Gasteiger partial charge in [0.15, 0.2) is 0 Å². The molecular weight excluding hydrogens is 207 g/mol. The summed E-state index contributed by atoms with van der Waals surface area (Å²) in [7, 11) is 0. The Morgan fingerprint density at radius 2 is 2.07 bits per heavy atom. The van der Waals surface area contributed by atoms with Crippen molar-refractivity contribution in [2.75, 3.05) is 0 Å². The van der Waals surface area contributed by atoms with E-state index in [0.29, 0.717) is 12.0 Å². The van der Waals surface area contributed by atoms with Gasteiger partial charge in [-0.3, -0.25) is 0 Å². The molecule has 0 saturated carbocycles. The molecule has 2 nitrogen and oxygen atoms in total. The van der Waals surface area contributed by atoms with E-state index in [1.54, 1.807) is 13.0 Å². The van der Waals surface area contributed by atoms with E-state index < -0.39 is 6.36 Å². The maximum absolute atomic E-state index is 12.0. The van der Waals surface area contributed by atoms with Crippen molar-refractivity contribution in [3.8, 4) is 11.8 Å². The SMILES string of the molecule is CCc1ccc(C#N)cc1OC(F)(F)F. The number of halogens is 3. The number of hydrogen-bond acceptors (Lipinski definition) is 2. The number of alkyl halides is 3. The Labute approximate surface area is 84.9 Å². The Kier molecular flexibility index (Phi) is 3.20. The lowest BCUT2D eigenvalue weighted by Gasteiger charge is -2.12. The average molecular weight is 215 g/mol. The first kappa shape index (κ1) is 11.4. The van der Waals surface area contributed by atoms with E-state index in [-0.39, 0.29) is 11.3 Å². The zero-order chi connectivity index (χ0) is 11.5. The molecule has 5 heteroatoms. The molecule has 0 atom stereocenters. The summed E-state index contributed by atoms with van der Waals surface area (Å²) < 4.78 is 39.8. The van der Waals surface area contributed by atoms with Gasteiger partial charge in [0.2, 0.25) is 0 Å². The summed E-state index contributed by atoms with van der Waals surface area (Å²) in [5.41, 5.74) is 0.567. The Bertz CT molecular complexity index is 393. The zero-order valence-electron chi connectivity index (χ0n) is 7.93. The molecule has 0 N–H and O–H groups in total. The quantitative estimate of drug-likeness (QED) is 0.759. The minimum absolute atomic E-state index is 0.145. The summed E-state index contributed by atoms with van der Waals surface area (Å²) in [6.45, 7) is 1.71. The van der Waals surface area contributed by atoms with Crippen LogP contribution >= 0.6 is 0 Å². The van der Waals surface area contributed by atoms with Crippen LogP contribution in [0.2, 0.25) is 0 Å². The molecule has 0 fully saturated rings. The van der Waals surface area contributed by atoms with E-state index in [1.807, 2.05) is 0 Å². The molecule has 0 radical (unpaired) electrons. The average Bonchev–Trinajstić information content (AvgIpc) is 2.15. The molecule has 80 valence electrons. The van der Waals surface area contributed by atoms with Crippen molar-refractivity contribution in [2.24, 2.45) is 0 Å². The maximum Gasteiger partial charge on any atom is 0.573 e. The molecular formula is C10H8F3NO. The van der Waals surface area contributed by atoms with Crippen molar-refractivity contribution >= 4 is 0 Å². The fourth-order valence-electron chi connectivity index (χ4n) is 1.14. The van der Waals surface area contributed by atoms with Crippen molar-refractivity contribution in [2.45, 2.75) is 19.7 Å². The second-order valence-electron chi connectivity index (χ2n) is 2.84. The molecule has 0 unspecified atom stereocenters. The monoisotopic (exact) mass is 215 g/mol. The van der Waals surface area contributed by atoms with E-state index in [0.717, 1.165) is 6.07 Å². The Morgan fingerprint density at radius 3 is 2.53 bits per heavy atom. The van der Waals surface area contributed by atoms with Crippen LogP contribution in [0.3, 0.4) is 0 Å². The normalized spacial score (nSPS) is 10.9. The molecule has 0 amide bonds. The fourth-order valence-corrected chi connectivity index (χ4v) is 1.14. The number of benzene rings is 1. The molecule has 0 aromatic heterocycles. The van der Waals surface area contributed by atoms with Gasteiger partial charge in [-0.15, -0.1) is 13.2 Å². The first-order valence-electron chi connectivity index (χ1n) is 4.25. The van der Waals surface area contributed by atoms with Crippen LogP contribution in [-0.2, 0) is 6.42 Å². The molecule has 0 heterocycles. The van der Waals surface area contributed by atoms with Gasteiger partial charge in [0.05, 0.1) is 11.6 Å².